The maximum atomic E-state index is 12.2. The van der Waals surface area contributed by atoms with Crippen LogP contribution < -0.4 is 4.74 Å². The van der Waals surface area contributed by atoms with Gasteiger partial charge in [-0.05, 0) is 65.7 Å². The van der Waals surface area contributed by atoms with Crippen molar-refractivity contribution in [3.63, 3.8) is 0 Å². The Morgan fingerprint density at radius 3 is 2.62 bits per heavy atom. The van der Waals surface area contributed by atoms with Gasteiger partial charge >= 0.3 is 5.97 Å². The van der Waals surface area contributed by atoms with E-state index in [1.807, 2.05) is 6.07 Å². The summed E-state index contributed by atoms with van der Waals surface area (Å²) in [7, 11) is 0. The van der Waals surface area contributed by atoms with Crippen molar-refractivity contribution in [3.05, 3.63) is 28.2 Å². The van der Waals surface area contributed by atoms with E-state index >= 15 is 0 Å². The summed E-state index contributed by atoms with van der Waals surface area (Å²) < 4.78 is 12.0. The molecule has 0 aliphatic heterocycles. The molecule has 0 aromatic heterocycles. The van der Waals surface area contributed by atoms with Crippen LogP contribution in [0.4, 0.5) is 0 Å². The van der Waals surface area contributed by atoms with E-state index in [2.05, 4.69) is 29.8 Å². The molecule has 4 heteroatoms. The molecule has 0 atom stereocenters. The molecule has 0 amide bonds. The summed E-state index contributed by atoms with van der Waals surface area (Å²) >= 11 is 3.46. The lowest BCUT2D eigenvalue weighted by Crippen LogP contribution is -2.20. The average Bonchev–Trinajstić information content (AvgIpc) is 2.46. The maximum absolute atomic E-state index is 12.2. The Morgan fingerprint density at radius 1 is 1.29 bits per heavy atom. The molecule has 0 radical (unpaired) electrons. The molecule has 0 saturated heterocycles. The van der Waals surface area contributed by atoms with Crippen molar-refractivity contribution in [2.24, 2.45) is 5.92 Å². The van der Waals surface area contributed by atoms with E-state index in [9.17, 15) is 4.79 Å². The fraction of sp³-hybridized carbons (Fsp3) is 0.588. The third-order valence-corrected chi connectivity index (χ3v) is 4.19. The number of halogens is 1. The second-order valence-corrected chi connectivity index (χ2v) is 6.87. The van der Waals surface area contributed by atoms with Crippen LogP contribution in [0, 0.1) is 5.92 Å². The number of hydrogen-bond donors (Lipinski definition) is 0. The van der Waals surface area contributed by atoms with Gasteiger partial charge in [-0.2, -0.15) is 0 Å². The summed E-state index contributed by atoms with van der Waals surface area (Å²) in [6.07, 6.45) is 5.63. The second-order valence-electron chi connectivity index (χ2n) is 6.02. The lowest BCUT2D eigenvalue weighted by atomic mass is 9.98. The molecule has 1 saturated carbocycles. The van der Waals surface area contributed by atoms with Crippen LogP contribution in [0.5, 0.6) is 5.75 Å². The van der Waals surface area contributed by atoms with Gasteiger partial charge in [-0.15, -0.1) is 0 Å². The summed E-state index contributed by atoms with van der Waals surface area (Å²) in [6, 6.07) is 5.37. The first kappa shape index (κ1) is 16.3. The van der Waals surface area contributed by atoms with Gasteiger partial charge in [0.2, 0.25) is 0 Å². The predicted molar refractivity (Wildman–Crippen MR) is 86.8 cm³/mol. The first-order chi connectivity index (χ1) is 10.1. The fourth-order valence-electron chi connectivity index (χ4n) is 2.40. The minimum Gasteiger partial charge on any atom is -0.492 e. The highest BCUT2D eigenvalue weighted by atomic mass is 79.9. The molecule has 0 N–H and O–H groups in total. The Morgan fingerprint density at radius 2 is 2.00 bits per heavy atom. The zero-order valence-corrected chi connectivity index (χ0v) is 14.3. The summed E-state index contributed by atoms with van der Waals surface area (Å²) in [5, 5.41) is 0. The van der Waals surface area contributed by atoms with Crippen LogP contribution in [-0.2, 0) is 4.74 Å². The van der Waals surface area contributed by atoms with Crippen LogP contribution >= 0.6 is 15.9 Å². The van der Waals surface area contributed by atoms with E-state index in [1.54, 1.807) is 12.1 Å². The predicted octanol–water partition coefficient (Wildman–Crippen LogP) is 4.97. The first-order valence-corrected chi connectivity index (χ1v) is 8.49. The van der Waals surface area contributed by atoms with E-state index in [-0.39, 0.29) is 12.1 Å². The molecule has 1 aromatic rings. The summed E-state index contributed by atoms with van der Waals surface area (Å²) in [5.41, 5.74) is 0.573. The minimum absolute atomic E-state index is 0.0851. The third-order valence-electron chi connectivity index (χ3n) is 3.57. The quantitative estimate of drug-likeness (QED) is 0.700. The van der Waals surface area contributed by atoms with Gasteiger partial charge in [-0.25, -0.2) is 4.79 Å². The molecule has 0 heterocycles. The highest BCUT2D eigenvalue weighted by Gasteiger charge is 2.19. The van der Waals surface area contributed by atoms with Gasteiger partial charge in [0.1, 0.15) is 11.9 Å². The monoisotopic (exact) mass is 354 g/mol. The minimum atomic E-state index is -0.238. The number of benzene rings is 1. The molecule has 2 rings (SSSR count). The van der Waals surface area contributed by atoms with Gasteiger partial charge in [-0.3, -0.25) is 0 Å². The molecule has 0 bridgehead atoms. The number of ether oxygens (including phenoxy) is 2. The van der Waals surface area contributed by atoms with E-state index in [0.717, 1.165) is 35.9 Å². The molecule has 1 aromatic carbocycles. The van der Waals surface area contributed by atoms with E-state index in [0.29, 0.717) is 18.1 Å². The second kappa shape index (κ2) is 7.83. The van der Waals surface area contributed by atoms with Crippen LogP contribution in [0.15, 0.2) is 22.7 Å². The number of carbonyl (C=O) groups excluding carboxylic acids is 1. The van der Waals surface area contributed by atoms with Crippen molar-refractivity contribution in [3.8, 4) is 5.75 Å². The lowest BCUT2D eigenvalue weighted by molar-refractivity contribution is 0.0211. The molecular weight excluding hydrogens is 332 g/mol. The van der Waals surface area contributed by atoms with Crippen molar-refractivity contribution in [1.82, 2.24) is 0 Å². The van der Waals surface area contributed by atoms with Gasteiger partial charge in [0.15, 0.2) is 0 Å². The number of esters is 1. The van der Waals surface area contributed by atoms with Crippen LogP contribution in [-0.4, -0.2) is 18.7 Å². The van der Waals surface area contributed by atoms with Crippen molar-refractivity contribution < 1.29 is 14.3 Å². The average molecular weight is 355 g/mol. The van der Waals surface area contributed by atoms with E-state index in [4.69, 9.17) is 9.47 Å². The first-order valence-electron chi connectivity index (χ1n) is 7.69. The van der Waals surface area contributed by atoms with E-state index < -0.39 is 0 Å². The maximum Gasteiger partial charge on any atom is 0.338 e. The van der Waals surface area contributed by atoms with Crippen LogP contribution in [0.1, 0.15) is 56.3 Å². The van der Waals surface area contributed by atoms with Gasteiger partial charge in [0, 0.05) is 0 Å². The Labute approximate surface area is 135 Å². The number of hydrogen-bond acceptors (Lipinski definition) is 3. The van der Waals surface area contributed by atoms with E-state index in [1.165, 1.54) is 6.42 Å². The molecule has 21 heavy (non-hydrogen) atoms. The van der Waals surface area contributed by atoms with Gasteiger partial charge in [0.05, 0.1) is 16.6 Å². The third kappa shape index (κ3) is 5.03. The normalized spacial score (nSPS) is 16.0. The fourth-order valence-corrected chi connectivity index (χ4v) is 2.90. The molecule has 1 aliphatic carbocycles. The van der Waals surface area contributed by atoms with Gasteiger partial charge < -0.3 is 9.47 Å². The SMILES string of the molecule is CC(C)COc1ccc(C(=O)OC2CCCCC2)cc1Br. The molecule has 3 nitrogen and oxygen atoms in total. The zero-order chi connectivity index (χ0) is 15.2. The highest BCUT2D eigenvalue weighted by Crippen LogP contribution is 2.28. The highest BCUT2D eigenvalue weighted by molar-refractivity contribution is 9.10. The molecule has 116 valence electrons. The van der Waals surface area contributed by atoms with Crippen molar-refractivity contribution in [2.45, 2.75) is 52.1 Å². The Kier molecular flexibility index (Phi) is 6.09. The molecule has 0 spiro atoms. The van der Waals surface area contributed by atoms with Gasteiger partial charge in [0.25, 0.3) is 0 Å². The van der Waals surface area contributed by atoms with Crippen LogP contribution in [0.2, 0.25) is 0 Å². The van der Waals surface area contributed by atoms with Crippen molar-refractivity contribution >= 4 is 21.9 Å². The smallest absolute Gasteiger partial charge is 0.338 e. The zero-order valence-electron chi connectivity index (χ0n) is 12.7. The Bertz CT molecular complexity index is 479. The van der Waals surface area contributed by atoms with Crippen molar-refractivity contribution in [1.29, 1.82) is 0 Å². The molecule has 0 unspecified atom stereocenters. The Hall–Kier alpha value is -1.03. The standard InChI is InChI=1S/C17H23BrO3/c1-12(2)11-20-16-9-8-13(10-15(16)18)17(19)21-14-6-4-3-5-7-14/h8-10,12,14H,3-7,11H2,1-2H3. The van der Waals surface area contributed by atoms with Crippen molar-refractivity contribution in [2.75, 3.05) is 6.61 Å². The number of rotatable bonds is 5. The largest absolute Gasteiger partial charge is 0.492 e. The topological polar surface area (TPSA) is 35.5 Å². The molecule has 1 fully saturated rings. The lowest BCUT2D eigenvalue weighted by Gasteiger charge is -2.22. The summed E-state index contributed by atoms with van der Waals surface area (Å²) in [6.45, 7) is 4.86. The Balaban J connectivity index is 1.96. The molecular formula is C17H23BrO3. The number of carbonyl (C=O) groups is 1. The van der Waals surface area contributed by atoms with Crippen LogP contribution in [0.25, 0.3) is 0 Å². The van der Waals surface area contributed by atoms with Gasteiger partial charge in [-0.1, -0.05) is 20.3 Å². The molecule has 1 aliphatic rings. The van der Waals surface area contributed by atoms with Crippen LogP contribution in [0.3, 0.4) is 0 Å². The summed E-state index contributed by atoms with van der Waals surface area (Å²) in [5.74, 6) is 0.990. The summed E-state index contributed by atoms with van der Waals surface area (Å²) in [4.78, 5) is 12.2.